The van der Waals surface area contributed by atoms with E-state index in [1.54, 1.807) is 7.11 Å². The van der Waals surface area contributed by atoms with Crippen molar-refractivity contribution < 1.29 is 24.3 Å². The van der Waals surface area contributed by atoms with E-state index in [9.17, 15) is 14.9 Å². The van der Waals surface area contributed by atoms with Gasteiger partial charge in [-0.05, 0) is 18.9 Å². The number of ether oxygens (including phenoxy) is 2. The molecule has 0 saturated heterocycles. The number of benzene rings is 1. The molecule has 0 aromatic heterocycles. The molecule has 19 heavy (non-hydrogen) atoms. The molecule has 0 saturated carbocycles. The molecule has 0 radical (unpaired) electrons. The Morgan fingerprint density at radius 3 is 2.63 bits per heavy atom. The maximum Gasteiger partial charge on any atom is 0.335 e. The lowest BCUT2D eigenvalue weighted by molar-refractivity contribution is -0.385. The number of carboxylic acid groups (broad SMARTS) is 1. The van der Waals surface area contributed by atoms with Crippen LogP contribution in [0.3, 0.4) is 0 Å². The topological polar surface area (TPSA) is 98.9 Å². The van der Waals surface area contributed by atoms with E-state index in [1.807, 2.05) is 0 Å². The number of aromatic carboxylic acids is 1. The smallest absolute Gasteiger partial charge is 0.335 e. The van der Waals surface area contributed by atoms with Gasteiger partial charge in [-0.2, -0.15) is 0 Å². The summed E-state index contributed by atoms with van der Waals surface area (Å²) in [4.78, 5) is 21.0. The average molecular weight is 269 g/mol. The number of hydrogen-bond donors (Lipinski definition) is 1. The fourth-order valence-electron chi connectivity index (χ4n) is 1.44. The van der Waals surface area contributed by atoms with Crippen molar-refractivity contribution in [3.63, 3.8) is 0 Å². The fourth-order valence-corrected chi connectivity index (χ4v) is 1.44. The Bertz CT molecular complexity index is 460. The molecule has 1 rings (SSSR count). The first kappa shape index (κ1) is 14.9. The van der Waals surface area contributed by atoms with Crippen LogP contribution in [-0.2, 0) is 4.74 Å². The molecule has 0 fully saturated rings. The highest BCUT2D eigenvalue weighted by molar-refractivity contribution is 5.88. The van der Waals surface area contributed by atoms with Gasteiger partial charge in [0.2, 0.25) is 0 Å². The van der Waals surface area contributed by atoms with Gasteiger partial charge >= 0.3 is 11.7 Å². The number of nitro benzene ring substituents is 1. The van der Waals surface area contributed by atoms with Crippen molar-refractivity contribution in [2.24, 2.45) is 0 Å². The molecule has 104 valence electrons. The fraction of sp³-hybridized carbons (Fsp3) is 0.417. The summed E-state index contributed by atoms with van der Waals surface area (Å²) in [7, 11) is 1.59. The summed E-state index contributed by atoms with van der Waals surface area (Å²) in [6, 6.07) is 3.48. The summed E-state index contributed by atoms with van der Waals surface area (Å²) in [5.74, 6) is -1.18. The van der Waals surface area contributed by atoms with Crippen molar-refractivity contribution >= 4 is 11.7 Å². The Morgan fingerprint density at radius 2 is 2.05 bits per heavy atom. The molecule has 0 spiro atoms. The number of nitrogens with zero attached hydrogens (tertiary/aromatic N) is 1. The van der Waals surface area contributed by atoms with Crippen LogP contribution in [0.5, 0.6) is 5.75 Å². The lowest BCUT2D eigenvalue weighted by Gasteiger charge is -2.07. The summed E-state index contributed by atoms with van der Waals surface area (Å²) >= 11 is 0. The van der Waals surface area contributed by atoms with Crippen LogP contribution < -0.4 is 4.74 Å². The zero-order valence-electron chi connectivity index (χ0n) is 10.5. The van der Waals surface area contributed by atoms with Gasteiger partial charge < -0.3 is 14.6 Å². The van der Waals surface area contributed by atoms with Crippen LogP contribution >= 0.6 is 0 Å². The van der Waals surface area contributed by atoms with Gasteiger partial charge in [-0.15, -0.1) is 0 Å². The van der Waals surface area contributed by atoms with Crippen molar-refractivity contribution in [1.82, 2.24) is 0 Å². The monoisotopic (exact) mass is 269 g/mol. The number of hydrogen-bond acceptors (Lipinski definition) is 5. The van der Waals surface area contributed by atoms with Crippen molar-refractivity contribution in [2.75, 3.05) is 20.3 Å². The predicted molar refractivity (Wildman–Crippen MR) is 66.7 cm³/mol. The van der Waals surface area contributed by atoms with E-state index in [0.717, 1.165) is 18.6 Å². The van der Waals surface area contributed by atoms with Gasteiger partial charge in [0.25, 0.3) is 0 Å². The van der Waals surface area contributed by atoms with E-state index in [-0.39, 0.29) is 23.6 Å². The number of unbranched alkanes of at least 4 members (excludes halogenated alkanes) is 1. The third kappa shape index (κ3) is 4.55. The Morgan fingerprint density at radius 1 is 1.37 bits per heavy atom. The quantitative estimate of drug-likeness (QED) is 0.440. The van der Waals surface area contributed by atoms with Crippen LogP contribution in [-0.4, -0.2) is 36.3 Å². The van der Waals surface area contributed by atoms with Gasteiger partial charge in [-0.1, -0.05) is 0 Å². The van der Waals surface area contributed by atoms with Gasteiger partial charge in [0.1, 0.15) is 0 Å². The molecule has 0 heterocycles. The van der Waals surface area contributed by atoms with Crippen LogP contribution in [0.4, 0.5) is 5.69 Å². The highest BCUT2D eigenvalue weighted by Crippen LogP contribution is 2.28. The number of carbonyl (C=O) groups is 1. The van der Waals surface area contributed by atoms with E-state index in [0.29, 0.717) is 13.0 Å². The van der Waals surface area contributed by atoms with Gasteiger partial charge in [0.15, 0.2) is 5.75 Å². The maximum atomic E-state index is 10.8. The van der Waals surface area contributed by atoms with Gasteiger partial charge in [0.05, 0.1) is 17.1 Å². The Hall–Kier alpha value is -2.15. The summed E-state index contributed by atoms with van der Waals surface area (Å²) < 4.78 is 10.1. The Kier molecular flexibility index (Phi) is 5.74. The van der Waals surface area contributed by atoms with E-state index in [1.165, 1.54) is 6.07 Å². The largest absolute Gasteiger partial charge is 0.487 e. The van der Waals surface area contributed by atoms with E-state index in [4.69, 9.17) is 14.6 Å². The van der Waals surface area contributed by atoms with Crippen LogP contribution in [0.2, 0.25) is 0 Å². The van der Waals surface area contributed by atoms with Crippen LogP contribution in [0.1, 0.15) is 23.2 Å². The number of rotatable bonds is 8. The highest BCUT2D eigenvalue weighted by atomic mass is 16.6. The minimum atomic E-state index is -1.15. The zero-order valence-corrected chi connectivity index (χ0v) is 10.5. The molecule has 0 aliphatic carbocycles. The standard InChI is InChI=1S/C12H15NO6/c1-18-6-2-3-7-19-11-8-9(12(14)15)4-5-10(11)13(16)17/h4-5,8H,2-3,6-7H2,1H3,(H,14,15). The predicted octanol–water partition coefficient (Wildman–Crippen LogP) is 2.10. The number of methoxy groups -OCH3 is 1. The molecule has 1 N–H and O–H groups in total. The molecule has 7 heteroatoms. The summed E-state index contributed by atoms with van der Waals surface area (Å²) in [5, 5.41) is 19.6. The van der Waals surface area contributed by atoms with E-state index in [2.05, 4.69) is 0 Å². The second-order valence-electron chi connectivity index (χ2n) is 3.79. The van der Waals surface area contributed by atoms with Crippen LogP contribution in [0.25, 0.3) is 0 Å². The van der Waals surface area contributed by atoms with Crippen LogP contribution in [0.15, 0.2) is 18.2 Å². The summed E-state index contributed by atoms with van der Waals surface area (Å²) in [6.07, 6.45) is 1.44. The second kappa shape index (κ2) is 7.32. The SMILES string of the molecule is COCCCCOc1cc(C(=O)O)ccc1[N+](=O)[O-]. The molecule has 7 nitrogen and oxygen atoms in total. The molecule has 0 amide bonds. The van der Waals surface area contributed by atoms with Gasteiger partial charge in [0, 0.05) is 25.8 Å². The third-order valence-electron chi connectivity index (χ3n) is 2.40. The molecular formula is C12H15NO6. The first-order chi connectivity index (χ1) is 9.06. The normalized spacial score (nSPS) is 10.2. The first-order valence-electron chi connectivity index (χ1n) is 5.69. The number of carboxylic acids is 1. The second-order valence-corrected chi connectivity index (χ2v) is 3.79. The molecular weight excluding hydrogens is 254 g/mol. The van der Waals surface area contributed by atoms with Gasteiger partial charge in [-0.25, -0.2) is 4.79 Å². The minimum Gasteiger partial charge on any atom is -0.487 e. The molecule has 1 aromatic carbocycles. The van der Waals surface area contributed by atoms with Crippen molar-refractivity contribution in [2.45, 2.75) is 12.8 Å². The Labute approximate surface area is 109 Å². The molecule has 1 aromatic rings. The lowest BCUT2D eigenvalue weighted by atomic mass is 10.2. The summed E-state index contributed by atoms with van der Waals surface area (Å²) in [5.41, 5.74) is -0.283. The summed E-state index contributed by atoms with van der Waals surface area (Å²) in [6.45, 7) is 0.855. The van der Waals surface area contributed by atoms with Crippen molar-refractivity contribution in [3.05, 3.63) is 33.9 Å². The average Bonchev–Trinajstić information content (AvgIpc) is 2.38. The number of nitro groups is 1. The Balaban J connectivity index is 2.74. The molecule has 0 unspecified atom stereocenters. The van der Waals surface area contributed by atoms with Crippen LogP contribution in [0, 0.1) is 10.1 Å². The first-order valence-corrected chi connectivity index (χ1v) is 5.69. The minimum absolute atomic E-state index is 0.0256. The molecule has 0 aliphatic heterocycles. The van der Waals surface area contributed by atoms with Gasteiger partial charge in [-0.3, -0.25) is 10.1 Å². The van der Waals surface area contributed by atoms with E-state index < -0.39 is 10.9 Å². The zero-order chi connectivity index (χ0) is 14.3. The lowest BCUT2D eigenvalue weighted by Crippen LogP contribution is -2.04. The third-order valence-corrected chi connectivity index (χ3v) is 2.40. The maximum absolute atomic E-state index is 10.8. The molecule has 0 atom stereocenters. The molecule has 0 bridgehead atoms. The van der Waals surface area contributed by atoms with E-state index >= 15 is 0 Å². The van der Waals surface area contributed by atoms with Crippen molar-refractivity contribution in [1.29, 1.82) is 0 Å². The highest BCUT2D eigenvalue weighted by Gasteiger charge is 2.17. The molecule has 0 aliphatic rings. The van der Waals surface area contributed by atoms with Crippen molar-refractivity contribution in [3.8, 4) is 5.75 Å².